The maximum Gasteiger partial charge on any atom is 1.00 e. The van der Waals surface area contributed by atoms with E-state index in [9.17, 15) is 20.2 Å². The molecule has 10 heavy (non-hydrogen) atoms. The van der Waals surface area contributed by atoms with Gasteiger partial charge in [-0.15, -0.1) is 0 Å². The van der Waals surface area contributed by atoms with Gasteiger partial charge in [0.15, 0.2) is 0 Å². The average Bonchev–Trinajstić information content (AvgIpc) is 1.64. The third-order valence-corrected chi connectivity index (χ3v) is 0.852. The van der Waals surface area contributed by atoms with E-state index in [0.29, 0.717) is 0 Å². The summed E-state index contributed by atoms with van der Waals surface area (Å²) in [5, 5.41) is 19.5. The van der Waals surface area contributed by atoms with Crippen LogP contribution in [0.15, 0.2) is 0 Å². The zero-order chi connectivity index (χ0) is 7.44. The summed E-state index contributed by atoms with van der Waals surface area (Å²) in [5.41, 5.74) is 0. The van der Waals surface area contributed by atoms with Gasteiger partial charge in [0.2, 0.25) is 0 Å². The van der Waals surface area contributed by atoms with Crippen LogP contribution in [0.2, 0.25) is 0 Å². The van der Waals surface area contributed by atoms with Gasteiger partial charge in [0.05, 0.1) is 16.3 Å². The van der Waals surface area contributed by atoms with Crippen molar-refractivity contribution in [1.29, 1.82) is 0 Å². The van der Waals surface area contributed by atoms with Gasteiger partial charge in [-0.25, -0.2) is 0 Å². The van der Waals surface area contributed by atoms with E-state index in [-0.39, 0.29) is 57.8 Å². The van der Waals surface area contributed by atoms with Gasteiger partial charge in [-0.05, 0) is 0 Å². The molecule has 0 unspecified atom stereocenters. The molecule has 0 aromatic rings. The summed E-state index contributed by atoms with van der Waals surface area (Å²) in [6.07, 6.45) is -1.70. The third-order valence-electron chi connectivity index (χ3n) is 0.852. The Hall–Kier alpha value is 0.436. The minimum atomic E-state index is -1.63. The molecule has 0 aromatic heterocycles. The van der Waals surface area contributed by atoms with Gasteiger partial charge in [-0.2, -0.15) is 0 Å². The average molecular weight is 173 g/mol. The molecule has 0 radical (unpaired) electrons. The Bertz CT molecular complexity index is 124. The van der Waals surface area contributed by atoms with E-state index in [1.165, 1.54) is 6.92 Å². The number of hydrogen-bond acceptors (Lipinski definition) is 4. The molecule has 0 atom stereocenters. The summed E-state index contributed by atoms with van der Waals surface area (Å²) in [6.45, 7) is 1.40. The fourth-order valence-electron chi connectivity index (χ4n) is 0.375. The van der Waals surface area contributed by atoms with Crippen molar-refractivity contribution in [2.45, 2.75) is 19.5 Å². The topological polar surface area (TPSA) is 86.3 Å². The number of hydrogen-bond donors (Lipinski definition) is 0. The SMILES string of the molecule is CCC([N+](=O)[O-])[N+](=O)[O-].[K+]. The monoisotopic (exact) mass is 173 g/mol. The second-order valence-corrected chi connectivity index (χ2v) is 1.46. The maximum absolute atomic E-state index is 9.74. The fraction of sp³-hybridized carbons (Fsp3) is 1.00. The molecule has 0 heterocycles. The molecule has 0 N–H and O–H groups in total. The molecule has 0 amide bonds. The van der Waals surface area contributed by atoms with Crippen molar-refractivity contribution in [3.8, 4) is 0 Å². The molecule has 0 rings (SSSR count). The van der Waals surface area contributed by atoms with Crippen LogP contribution in [0, 0.1) is 20.2 Å². The van der Waals surface area contributed by atoms with Crippen LogP contribution < -0.4 is 51.4 Å². The predicted octanol–water partition coefficient (Wildman–Crippen LogP) is -2.72. The Labute approximate surface area is 99.7 Å². The van der Waals surface area contributed by atoms with Crippen molar-refractivity contribution >= 4 is 0 Å². The van der Waals surface area contributed by atoms with Gasteiger partial charge < -0.3 is 0 Å². The molecule has 0 saturated carbocycles. The zero-order valence-corrected chi connectivity index (χ0v) is 8.93. The molecule has 0 saturated heterocycles. The van der Waals surface area contributed by atoms with Crippen LogP contribution in [0.4, 0.5) is 0 Å². The van der Waals surface area contributed by atoms with Crippen LogP contribution in [0.3, 0.4) is 0 Å². The smallest absolute Gasteiger partial charge is 0.259 e. The van der Waals surface area contributed by atoms with Crippen molar-refractivity contribution < 1.29 is 61.2 Å². The summed E-state index contributed by atoms with van der Waals surface area (Å²) in [4.78, 5) is 17.7. The minimum absolute atomic E-state index is 0. The maximum atomic E-state index is 9.74. The van der Waals surface area contributed by atoms with Gasteiger partial charge in [-0.3, -0.25) is 20.2 Å². The third kappa shape index (κ3) is 4.28. The molecule has 0 spiro atoms. The van der Waals surface area contributed by atoms with Gasteiger partial charge in [0, 0.05) is 0 Å². The van der Waals surface area contributed by atoms with E-state index < -0.39 is 16.0 Å². The van der Waals surface area contributed by atoms with Gasteiger partial charge in [0.25, 0.3) is 0 Å². The molecule has 0 aromatic carbocycles. The Kier molecular flexibility index (Phi) is 8.05. The quantitative estimate of drug-likeness (QED) is 0.201. The summed E-state index contributed by atoms with van der Waals surface area (Å²) in [5.74, 6) is 0. The first-order chi connectivity index (χ1) is 4.09. The fourth-order valence-corrected chi connectivity index (χ4v) is 0.375. The van der Waals surface area contributed by atoms with E-state index in [1.807, 2.05) is 0 Å². The molecule has 0 fully saturated rings. The van der Waals surface area contributed by atoms with Gasteiger partial charge in [-0.1, -0.05) is 6.92 Å². The summed E-state index contributed by atoms with van der Waals surface area (Å²) in [6, 6.07) is 0. The Morgan fingerprint density at radius 3 is 1.60 bits per heavy atom. The van der Waals surface area contributed by atoms with Crippen LogP contribution in [0.25, 0.3) is 0 Å². The first kappa shape index (κ1) is 13.1. The van der Waals surface area contributed by atoms with E-state index in [0.717, 1.165) is 0 Å². The van der Waals surface area contributed by atoms with Crippen LogP contribution in [0.5, 0.6) is 0 Å². The van der Waals surface area contributed by atoms with Crippen LogP contribution in [-0.2, 0) is 0 Å². The number of rotatable bonds is 3. The largest absolute Gasteiger partial charge is 1.00 e. The number of nitro groups is 2. The summed E-state index contributed by atoms with van der Waals surface area (Å²) >= 11 is 0. The van der Waals surface area contributed by atoms with Crippen molar-refractivity contribution in [2.75, 3.05) is 0 Å². The van der Waals surface area contributed by atoms with E-state index >= 15 is 0 Å². The minimum Gasteiger partial charge on any atom is -0.259 e. The molecule has 7 heteroatoms. The van der Waals surface area contributed by atoms with Gasteiger partial charge in [0.1, 0.15) is 0 Å². The first-order valence-corrected chi connectivity index (χ1v) is 2.36. The van der Waals surface area contributed by atoms with E-state index in [4.69, 9.17) is 0 Å². The Balaban J connectivity index is 0. The number of nitrogens with zero attached hydrogens (tertiary/aromatic N) is 2. The van der Waals surface area contributed by atoms with Crippen LogP contribution >= 0.6 is 0 Å². The zero-order valence-electron chi connectivity index (χ0n) is 5.81. The first-order valence-electron chi connectivity index (χ1n) is 2.36. The molecule has 52 valence electrons. The molecular formula is C3H6KN2O4+. The predicted molar refractivity (Wildman–Crippen MR) is 28.1 cm³/mol. The molecule has 0 aliphatic rings. The normalized spacial score (nSPS) is 8.60. The summed E-state index contributed by atoms with van der Waals surface area (Å²) < 4.78 is 0. The van der Waals surface area contributed by atoms with Crippen LogP contribution in [0.1, 0.15) is 13.3 Å². The molecular weight excluding hydrogens is 167 g/mol. The molecule has 0 aliphatic heterocycles. The van der Waals surface area contributed by atoms with Crippen molar-refractivity contribution in [3.05, 3.63) is 20.2 Å². The van der Waals surface area contributed by atoms with Crippen molar-refractivity contribution in [1.82, 2.24) is 0 Å². The van der Waals surface area contributed by atoms with E-state index in [2.05, 4.69) is 0 Å². The second-order valence-electron chi connectivity index (χ2n) is 1.46. The van der Waals surface area contributed by atoms with Crippen molar-refractivity contribution in [2.24, 2.45) is 0 Å². The van der Waals surface area contributed by atoms with Crippen molar-refractivity contribution in [3.63, 3.8) is 0 Å². The van der Waals surface area contributed by atoms with Gasteiger partial charge >= 0.3 is 57.6 Å². The standard InChI is InChI=1S/C3H6N2O4.K/c1-2-3(4(6)7)5(8)9;/h3H,2H2,1H3;/q;+1. The van der Waals surface area contributed by atoms with E-state index in [1.54, 1.807) is 0 Å². The Morgan fingerprint density at radius 1 is 1.30 bits per heavy atom. The molecule has 0 bridgehead atoms. The van der Waals surface area contributed by atoms with Crippen LogP contribution in [-0.4, -0.2) is 16.0 Å². The molecule has 0 aliphatic carbocycles. The second kappa shape index (κ2) is 6.17. The summed E-state index contributed by atoms with van der Waals surface area (Å²) in [7, 11) is 0. The Morgan fingerprint density at radius 2 is 1.60 bits per heavy atom. The molecule has 6 nitrogen and oxygen atoms in total.